The van der Waals surface area contributed by atoms with Gasteiger partial charge in [0.1, 0.15) is 0 Å². The van der Waals surface area contributed by atoms with E-state index < -0.39 is 0 Å². The minimum absolute atomic E-state index is 0.206. The Balaban J connectivity index is 2.21. The second-order valence-electron chi connectivity index (χ2n) is 4.52. The molecule has 0 saturated carbocycles. The van der Waals surface area contributed by atoms with Crippen LogP contribution in [0.5, 0.6) is 0 Å². The van der Waals surface area contributed by atoms with Crippen LogP contribution in [-0.4, -0.2) is 16.8 Å². The topological polar surface area (TPSA) is 39.1 Å². The lowest BCUT2D eigenvalue weighted by atomic mass is 10.2. The van der Waals surface area contributed by atoms with Gasteiger partial charge in [0.05, 0.1) is 5.52 Å². The Morgan fingerprint density at radius 2 is 1.86 bits per heavy atom. The van der Waals surface area contributed by atoms with Crippen molar-refractivity contribution in [2.75, 3.05) is 0 Å². The monoisotopic (exact) mass is 361 g/mol. The molecule has 0 unspecified atom stereocenters. The van der Waals surface area contributed by atoms with Crippen LogP contribution in [0.1, 0.15) is 20.7 Å². The summed E-state index contributed by atoms with van der Waals surface area (Å²) in [5.41, 5.74) is 1.67. The number of aldehydes is 1. The zero-order valence-electron chi connectivity index (χ0n) is 10.7. The molecule has 2 aromatic carbocycles. The van der Waals surface area contributed by atoms with Crippen LogP contribution in [0.4, 0.5) is 0 Å². The van der Waals surface area contributed by atoms with Crippen LogP contribution in [0.15, 0.2) is 53.1 Å². The number of carbonyl (C=O) groups is 2. The fourth-order valence-electron chi connectivity index (χ4n) is 2.26. The lowest BCUT2D eigenvalue weighted by Crippen LogP contribution is -2.10. The Morgan fingerprint density at radius 3 is 2.52 bits per heavy atom. The Bertz CT molecular complexity index is 853. The van der Waals surface area contributed by atoms with Crippen LogP contribution in [0, 0.1) is 0 Å². The zero-order valence-corrected chi connectivity index (χ0v) is 13.1. The summed E-state index contributed by atoms with van der Waals surface area (Å²) in [5.74, 6) is -0.206. The molecule has 0 aliphatic heterocycles. The van der Waals surface area contributed by atoms with E-state index in [2.05, 4.69) is 15.9 Å². The standard InChI is InChI=1S/C16H9BrClNO2/c17-13-2-1-3-14-15(13)11(9-20)8-19(14)16(21)10-4-6-12(18)7-5-10/h1-9H. The molecule has 0 aliphatic rings. The lowest BCUT2D eigenvalue weighted by Gasteiger charge is -2.04. The van der Waals surface area contributed by atoms with E-state index in [1.54, 1.807) is 36.5 Å². The van der Waals surface area contributed by atoms with Gasteiger partial charge in [-0.3, -0.25) is 14.2 Å². The van der Waals surface area contributed by atoms with Crippen molar-refractivity contribution in [3.8, 4) is 0 Å². The molecule has 0 radical (unpaired) electrons. The van der Waals surface area contributed by atoms with Gasteiger partial charge in [-0.25, -0.2) is 0 Å². The van der Waals surface area contributed by atoms with E-state index in [9.17, 15) is 9.59 Å². The molecular weight excluding hydrogens is 354 g/mol. The van der Waals surface area contributed by atoms with E-state index in [0.717, 1.165) is 16.1 Å². The number of benzene rings is 2. The molecule has 5 heteroatoms. The molecule has 0 atom stereocenters. The van der Waals surface area contributed by atoms with Crippen LogP contribution in [0.25, 0.3) is 10.9 Å². The van der Waals surface area contributed by atoms with Crippen molar-refractivity contribution in [3.05, 3.63) is 69.3 Å². The van der Waals surface area contributed by atoms with Gasteiger partial charge in [0.15, 0.2) is 6.29 Å². The average molecular weight is 363 g/mol. The highest BCUT2D eigenvalue weighted by atomic mass is 79.9. The second-order valence-corrected chi connectivity index (χ2v) is 5.81. The summed E-state index contributed by atoms with van der Waals surface area (Å²) in [6.07, 6.45) is 2.30. The molecule has 0 aliphatic carbocycles. The molecule has 21 heavy (non-hydrogen) atoms. The Labute approximate surface area is 134 Å². The minimum Gasteiger partial charge on any atom is -0.298 e. The van der Waals surface area contributed by atoms with Gasteiger partial charge < -0.3 is 0 Å². The van der Waals surface area contributed by atoms with Crippen LogP contribution < -0.4 is 0 Å². The highest BCUT2D eigenvalue weighted by Gasteiger charge is 2.16. The molecular formula is C16H9BrClNO2. The molecule has 104 valence electrons. The van der Waals surface area contributed by atoms with Crippen LogP contribution in [-0.2, 0) is 0 Å². The zero-order chi connectivity index (χ0) is 15.0. The van der Waals surface area contributed by atoms with Crippen molar-refractivity contribution < 1.29 is 9.59 Å². The Hall–Kier alpha value is -1.91. The van der Waals surface area contributed by atoms with Crippen LogP contribution >= 0.6 is 27.5 Å². The molecule has 3 nitrogen and oxygen atoms in total. The summed E-state index contributed by atoms with van der Waals surface area (Å²) >= 11 is 9.25. The molecule has 0 amide bonds. The molecule has 0 spiro atoms. The maximum Gasteiger partial charge on any atom is 0.262 e. The van der Waals surface area contributed by atoms with Crippen molar-refractivity contribution in [3.63, 3.8) is 0 Å². The average Bonchev–Trinajstić information content (AvgIpc) is 2.87. The van der Waals surface area contributed by atoms with E-state index in [-0.39, 0.29) is 5.91 Å². The number of rotatable bonds is 2. The molecule has 0 saturated heterocycles. The molecule has 1 heterocycles. The van der Waals surface area contributed by atoms with Gasteiger partial charge in [-0.2, -0.15) is 0 Å². The molecule has 0 bridgehead atoms. The van der Waals surface area contributed by atoms with E-state index in [1.807, 2.05) is 12.1 Å². The predicted molar refractivity (Wildman–Crippen MR) is 86.2 cm³/mol. The first-order chi connectivity index (χ1) is 10.1. The Kier molecular flexibility index (Phi) is 3.66. The van der Waals surface area contributed by atoms with Crippen molar-refractivity contribution in [1.29, 1.82) is 0 Å². The first kappa shape index (κ1) is 14.0. The predicted octanol–water partition coefficient (Wildman–Crippen LogP) is 4.56. The minimum atomic E-state index is -0.206. The fourth-order valence-corrected chi connectivity index (χ4v) is 2.97. The third kappa shape index (κ3) is 2.41. The van der Waals surface area contributed by atoms with Crippen molar-refractivity contribution in [2.45, 2.75) is 0 Å². The molecule has 3 rings (SSSR count). The van der Waals surface area contributed by atoms with Gasteiger partial charge in [-0.1, -0.05) is 33.6 Å². The van der Waals surface area contributed by atoms with Gasteiger partial charge in [-0.15, -0.1) is 0 Å². The quantitative estimate of drug-likeness (QED) is 0.627. The second kappa shape index (κ2) is 5.47. The van der Waals surface area contributed by atoms with Crippen LogP contribution in [0.3, 0.4) is 0 Å². The van der Waals surface area contributed by atoms with Gasteiger partial charge in [0.25, 0.3) is 5.91 Å². The summed E-state index contributed by atoms with van der Waals surface area (Å²) in [4.78, 5) is 23.8. The van der Waals surface area contributed by atoms with Crippen LogP contribution in [0.2, 0.25) is 5.02 Å². The third-order valence-electron chi connectivity index (χ3n) is 3.24. The third-order valence-corrected chi connectivity index (χ3v) is 4.16. The SMILES string of the molecule is O=Cc1cn(C(=O)c2ccc(Cl)cc2)c2cccc(Br)c12. The van der Waals surface area contributed by atoms with Crippen molar-refractivity contribution >= 4 is 50.6 Å². The van der Waals surface area contributed by atoms with E-state index in [4.69, 9.17) is 11.6 Å². The number of fused-ring (bicyclic) bond motifs is 1. The van der Waals surface area contributed by atoms with Crippen molar-refractivity contribution in [2.24, 2.45) is 0 Å². The lowest BCUT2D eigenvalue weighted by molar-refractivity contribution is 0.0965. The van der Waals surface area contributed by atoms with E-state index in [1.165, 1.54) is 4.57 Å². The van der Waals surface area contributed by atoms with Crippen molar-refractivity contribution in [1.82, 2.24) is 4.57 Å². The smallest absolute Gasteiger partial charge is 0.262 e. The summed E-state index contributed by atoms with van der Waals surface area (Å²) in [6.45, 7) is 0. The van der Waals surface area contributed by atoms with E-state index >= 15 is 0 Å². The van der Waals surface area contributed by atoms with Gasteiger partial charge in [0, 0.05) is 32.2 Å². The number of hydrogen-bond donors (Lipinski definition) is 0. The van der Waals surface area contributed by atoms with E-state index in [0.29, 0.717) is 21.7 Å². The number of halogens is 2. The summed E-state index contributed by atoms with van der Waals surface area (Å²) in [7, 11) is 0. The largest absolute Gasteiger partial charge is 0.298 e. The van der Waals surface area contributed by atoms with Gasteiger partial charge in [-0.05, 0) is 36.4 Å². The highest BCUT2D eigenvalue weighted by Crippen LogP contribution is 2.28. The molecule has 1 aromatic heterocycles. The normalized spacial score (nSPS) is 10.8. The summed E-state index contributed by atoms with van der Waals surface area (Å²) in [6, 6.07) is 12.1. The maximum atomic E-state index is 12.6. The number of nitrogens with zero attached hydrogens (tertiary/aromatic N) is 1. The molecule has 0 fully saturated rings. The maximum absolute atomic E-state index is 12.6. The first-order valence-corrected chi connectivity index (χ1v) is 7.34. The fraction of sp³-hybridized carbons (Fsp3) is 0. The van der Waals surface area contributed by atoms with Gasteiger partial charge >= 0.3 is 0 Å². The number of hydrogen-bond acceptors (Lipinski definition) is 2. The summed E-state index contributed by atoms with van der Waals surface area (Å²) in [5, 5.41) is 1.30. The summed E-state index contributed by atoms with van der Waals surface area (Å²) < 4.78 is 2.26. The number of aromatic nitrogens is 1. The number of carbonyl (C=O) groups excluding carboxylic acids is 2. The first-order valence-electron chi connectivity index (χ1n) is 6.17. The highest BCUT2D eigenvalue weighted by molar-refractivity contribution is 9.10. The Morgan fingerprint density at radius 1 is 1.14 bits per heavy atom. The van der Waals surface area contributed by atoms with Gasteiger partial charge in [0.2, 0.25) is 0 Å². The molecule has 0 N–H and O–H groups in total. The molecule has 3 aromatic rings.